The molecule has 1 aliphatic heterocycles. The van der Waals surface area contributed by atoms with E-state index in [9.17, 15) is 0 Å². The number of guanidine groups is 1. The Morgan fingerprint density at radius 1 is 1.26 bits per heavy atom. The van der Waals surface area contributed by atoms with E-state index in [0.717, 1.165) is 57.6 Å². The minimum absolute atomic E-state index is 0. The van der Waals surface area contributed by atoms with Crippen molar-refractivity contribution in [3.05, 3.63) is 35.9 Å². The zero-order valence-corrected chi connectivity index (χ0v) is 19.0. The van der Waals surface area contributed by atoms with Crippen molar-refractivity contribution in [1.29, 1.82) is 0 Å². The number of hydrogen-bond acceptors (Lipinski definition) is 3. The van der Waals surface area contributed by atoms with Crippen LogP contribution in [0.5, 0.6) is 0 Å². The molecule has 2 aliphatic rings. The van der Waals surface area contributed by atoms with E-state index in [1.807, 2.05) is 7.05 Å². The highest BCUT2D eigenvalue weighted by molar-refractivity contribution is 14.0. The maximum absolute atomic E-state index is 5.68. The Bertz CT molecular complexity index is 565. The first-order valence-electron chi connectivity index (χ1n) is 10.1. The average Bonchev–Trinajstić information content (AvgIpc) is 3.41. The first-order chi connectivity index (χ1) is 12.7. The number of aliphatic imine (C=N–C) groups is 1. The van der Waals surface area contributed by atoms with E-state index in [-0.39, 0.29) is 24.0 Å². The number of rotatable bonds is 9. The second kappa shape index (κ2) is 11.9. The van der Waals surface area contributed by atoms with Crippen LogP contribution in [0.3, 0.4) is 0 Å². The molecule has 3 rings (SSSR count). The van der Waals surface area contributed by atoms with Crippen LogP contribution >= 0.6 is 24.0 Å². The first-order valence-corrected chi connectivity index (χ1v) is 10.1. The van der Waals surface area contributed by atoms with Gasteiger partial charge in [0.1, 0.15) is 0 Å². The van der Waals surface area contributed by atoms with E-state index in [1.54, 1.807) is 0 Å². The third-order valence-electron chi connectivity index (χ3n) is 5.31. The molecule has 2 N–H and O–H groups in total. The molecule has 2 unspecified atom stereocenters. The van der Waals surface area contributed by atoms with Crippen molar-refractivity contribution >= 4 is 29.9 Å². The minimum atomic E-state index is 0. The van der Waals surface area contributed by atoms with Gasteiger partial charge in [-0.15, -0.1) is 24.0 Å². The lowest BCUT2D eigenvalue weighted by Crippen LogP contribution is -2.44. The van der Waals surface area contributed by atoms with E-state index in [1.165, 1.54) is 18.4 Å². The Hall–Kier alpha value is -0.860. The molecule has 1 aliphatic carbocycles. The molecule has 0 bridgehead atoms. The van der Waals surface area contributed by atoms with Gasteiger partial charge in [-0.1, -0.05) is 30.3 Å². The molecule has 6 heteroatoms. The molecule has 0 spiro atoms. The van der Waals surface area contributed by atoms with Gasteiger partial charge in [0.25, 0.3) is 0 Å². The molecule has 152 valence electrons. The molecular weight excluding hydrogens is 451 g/mol. The third-order valence-corrected chi connectivity index (χ3v) is 5.31. The molecule has 5 nitrogen and oxygen atoms in total. The summed E-state index contributed by atoms with van der Waals surface area (Å²) in [4.78, 5) is 6.92. The van der Waals surface area contributed by atoms with Crippen LogP contribution in [0.15, 0.2) is 35.3 Å². The van der Waals surface area contributed by atoms with Gasteiger partial charge in [-0.25, -0.2) is 0 Å². The van der Waals surface area contributed by atoms with Crippen LogP contribution in [0.4, 0.5) is 0 Å². The van der Waals surface area contributed by atoms with Gasteiger partial charge in [0.2, 0.25) is 0 Å². The van der Waals surface area contributed by atoms with Crippen molar-refractivity contribution < 1.29 is 4.74 Å². The highest BCUT2D eigenvalue weighted by Crippen LogP contribution is 2.28. The van der Waals surface area contributed by atoms with Gasteiger partial charge in [-0.05, 0) is 44.1 Å². The lowest BCUT2D eigenvalue weighted by molar-refractivity contribution is 0.123. The first kappa shape index (κ1) is 22.4. The summed E-state index contributed by atoms with van der Waals surface area (Å²) in [5.74, 6) is 1.76. The predicted molar refractivity (Wildman–Crippen MR) is 123 cm³/mol. The van der Waals surface area contributed by atoms with Crippen molar-refractivity contribution in [3.63, 3.8) is 0 Å². The smallest absolute Gasteiger partial charge is 0.191 e. The Kier molecular flexibility index (Phi) is 9.86. The van der Waals surface area contributed by atoms with E-state index >= 15 is 0 Å². The van der Waals surface area contributed by atoms with Gasteiger partial charge < -0.3 is 15.4 Å². The number of hydrogen-bond donors (Lipinski definition) is 2. The Morgan fingerprint density at radius 2 is 2.04 bits per heavy atom. The Morgan fingerprint density at radius 3 is 2.74 bits per heavy atom. The second-order valence-electron chi connectivity index (χ2n) is 7.71. The van der Waals surface area contributed by atoms with E-state index in [0.29, 0.717) is 12.1 Å². The van der Waals surface area contributed by atoms with Crippen LogP contribution in [0.2, 0.25) is 0 Å². The molecular formula is C21H35IN4O. The van der Waals surface area contributed by atoms with E-state index in [4.69, 9.17) is 4.74 Å². The number of ether oxygens (including phenoxy) is 1. The summed E-state index contributed by atoms with van der Waals surface area (Å²) in [7, 11) is 1.85. The quantitative estimate of drug-likeness (QED) is 0.244. The molecule has 1 aromatic carbocycles. The number of nitrogens with zero attached hydrogens (tertiary/aromatic N) is 2. The highest BCUT2D eigenvalue weighted by Gasteiger charge is 2.29. The highest BCUT2D eigenvalue weighted by atomic mass is 127. The number of likely N-dealkylation sites (tertiary alicyclic amines) is 1. The molecule has 1 saturated heterocycles. The SMILES string of the molecule is CN=C(NCCCOCC1CC1)NC1CC(C)N(Cc2ccccc2)C1.I. The monoisotopic (exact) mass is 486 g/mol. The maximum atomic E-state index is 5.68. The van der Waals surface area contributed by atoms with Gasteiger partial charge in [-0.2, -0.15) is 0 Å². The third kappa shape index (κ3) is 7.95. The van der Waals surface area contributed by atoms with Gasteiger partial charge >= 0.3 is 0 Å². The van der Waals surface area contributed by atoms with Gasteiger partial charge in [0, 0.05) is 52.0 Å². The van der Waals surface area contributed by atoms with Crippen molar-refractivity contribution in [2.45, 2.75) is 51.2 Å². The molecule has 0 radical (unpaired) electrons. The fraction of sp³-hybridized carbons (Fsp3) is 0.667. The van der Waals surface area contributed by atoms with Crippen LogP contribution < -0.4 is 10.6 Å². The normalized spacial score (nSPS) is 23.1. The molecule has 0 aromatic heterocycles. The summed E-state index contributed by atoms with van der Waals surface area (Å²) in [5.41, 5.74) is 1.38. The van der Waals surface area contributed by atoms with Crippen molar-refractivity contribution in [2.24, 2.45) is 10.9 Å². The lowest BCUT2D eigenvalue weighted by Gasteiger charge is -2.21. The summed E-state index contributed by atoms with van der Waals surface area (Å²) in [6.45, 7) is 7.08. The fourth-order valence-corrected chi connectivity index (χ4v) is 3.54. The molecule has 1 heterocycles. The summed E-state index contributed by atoms with van der Waals surface area (Å²) in [6.07, 6.45) is 4.89. The van der Waals surface area contributed by atoms with Crippen molar-refractivity contribution in [3.8, 4) is 0 Å². The lowest BCUT2D eigenvalue weighted by atomic mass is 10.2. The second-order valence-corrected chi connectivity index (χ2v) is 7.71. The van der Waals surface area contributed by atoms with E-state index < -0.39 is 0 Å². The Labute approximate surface area is 181 Å². The van der Waals surface area contributed by atoms with Crippen LogP contribution in [0, 0.1) is 5.92 Å². The maximum Gasteiger partial charge on any atom is 0.191 e. The topological polar surface area (TPSA) is 48.9 Å². The standard InChI is InChI=1S/C21H34N4O.HI/c1-17-13-20(15-25(17)14-18-7-4-3-5-8-18)24-21(22-2)23-11-6-12-26-16-19-9-10-19;/h3-5,7-8,17,19-20H,6,9-16H2,1-2H3,(H2,22,23,24);1H. The summed E-state index contributed by atoms with van der Waals surface area (Å²) < 4.78 is 5.68. The van der Waals surface area contributed by atoms with E-state index in [2.05, 4.69) is 57.8 Å². The average molecular weight is 486 g/mol. The molecule has 1 aromatic rings. The minimum Gasteiger partial charge on any atom is -0.381 e. The number of nitrogens with one attached hydrogen (secondary N) is 2. The number of benzene rings is 1. The Balaban J connectivity index is 0.00000261. The van der Waals surface area contributed by atoms with Crippen molar-refractivity contribution in [2.75, 3.05) is 33.4 Å². The number of halogens is 1. The van der Waals surface area contributed by atoms with Gasteiger partial charge in [-0.3, -0.25) is 9.89 Å². The largest absolute Gasteiger partial charge is 0.381 e. The molecule has 0 amide bonds. The zero-order valence-electron chi connectivity index (χ0n) is 16.7. The summed E-state index contributed by atoms with van der Waals surface area (Å²) in [5, 5.41) is 7.01. The van der Waals surface area contributed by atoms with Gasteiger partial charge in [0.15, 0.2) is 5.96 Å². The molecule has 2 fully saturated rings. The van der Waals surface area contributed by atoms with Gasteiger partial charge in [0.05, 0.1) is 0 Å². The van der Waals surface area contributed by atoms with Crippen LogP contribution in [-0.2, 0) is 11.3 Å². The molecule has 27 heavy (non-hydrogen) atoms. The summed E-state index contributed by atoms with van der Waals surface area (Å²) in [6, 6.07) is 11.8. The van der Waals surface area contributed by atoms with Crippen LogP contribution in [0.25, 0.3) is 0 Å². The fourth-order valence-electron chi connectivity index (χ4n) is 3.54. The molecule has 2 atom stereocenters. The van der Waals surface area contributed by atoms with Crippen molar-refractivity contribution in [1.82, 2.24) is 15.5 Å². The molecule has 1 saturated carbocycles. The summed E-state index contributed by atoms with van der Waals surface area (Å²) >= 11 is 0. The zero-order chi connectivity index (χ0) is 18.2. The predicted octanol–water partition coefficient (Wildman–Crippen LogP) is 3.25. The van der Waals surface area contributed by atoms with Crippen LogP contribution in [-0.4, -0.2) is 56.3 Å². The van der Waals surface area contributed by atoms with Crippen LogP contribution in [0.1, 0.15) is 38.2 Å².